The molecule has 0 fully saturated rings. The zero-order valence-corrected chi connectivity index (χ0v) is 12.5. The maximum absolute atomic E-state index is 11.7. The van der Waals surface area contributed by atoms with Crippen LogP contribution in [0.2, 0.25) is 0 Å². The number of hydrogen-bond acceptors (Lipinski definition) is 5. The molecule has 1 heterocycles. The second kappa shape index (κ2) is 6.47. The summed E-state index contributed by atoms with van der Waals surface area (Å²) in [5.41, 5.74) is 1.24. The minimum absolute atomic E-state index is 0.0420. The maximum atomic E-state index is 11.7. The molecule has 1 amide bonds. The minimum atomic E-state index is -0.242. The number of anilines is 1. The van der Waals surface area contributed by atoms with Crippen LogP contribution in [0, 0.1) is 6.92 Å². The summed E-state index contributed by atoms with van der Waals surface area (Å²) in [6.07, 6.45) is 0. The van der Waals surface area contributed by atoms with E-state index in [0.717, 1.165) is 5.01 Å². The normalized spacial score (nSPS) is 10.6. The van der Waals surface area contributed by atoms with Gasteiger partial charge in [-0.1, -0.05) is 37.3 Å². The summed E-state index contributed by atoms with van der Waals surface area (Å²) in [6.45, 7) is 6.06. The van der Waals surface area contributed by atoms with Crippen LogP contribution < -0.4 is 10.1 Å². The topological polar surface area (TPSA) is 64.1 Å². The molecular weight excluding hydrogens is 274 g/mol. The summed E-state index contributed by atoms with van der Waals surface area (Å²) < 4.78 is 5.43. The van der Waals surface area contributed by atoms with Gasteiger partial charge in [-0.2, -0.15) is 0 Å². The number of benzene rings is 1. The summed E-state index contributed by atoms with van der Waals surface area (Å²) >= 11 is 1.33. The molecule has 20 heavy (non-hydrogen) atoms. The first-order valence-corrected chi connectivity index (χ1v) is 7.19. The third-order valence-corrected chi connectivity index (χ3v) is 3.44. The number of aromatic nitrogens is 2. The highest BCUT2D eigenvalue weighted by Crippen LogP contribution is 2.18. The van der Waals surface area contributed by atoms with Gasteiger partial charge in [-0.05, 0) is 30.5 Å². The molecule has 6 heteroatoms. The zero-order valence-electron chi connectivity index (χ0n) is 11.7. The van der Waals surface area contributed by atoms with Gasteiger partial charge in [0.2, 0.25) is 5.13 Å². The van der Waals surface area contributed by atoms with E-state index in [2.05, 4.69) is 29.4 Å². The van der Waals surface area contributed by atoms with Crippen LogP contribution in [0.5, 0.6) is 5.75 Å². The Kier molecular flexibility index (Phi) is 4.68. The average Bonchev–Trinajstić information content (AvgIpc) is 2.82. The molecule has 0 bridgehead atoms. The van der Waals surface area contributed by atoms with Gasteiger partial charge in [0.1, 0.15) is 10.8 Å². The van der Waals surface area contributed by atoms with Crippen LogP contribution in [0.3, 0.4) is 0 Å². The minimum Gasteiger partial charge on any atom is -0.484 e. The first-order chi connectivity index (χ1) is 9.54. The highest BCUT2D eigenvalue weighted by atomic mass is 32.1. The number of nitrogens with one attached hydrogen (secondary N) is 1. The number of aryl methyl sites for hydroxylation is 1. The summed E-state index contributed by atoms with van der Waals surface area (Å²) in [7, 11) is 0. The van der Waals surface area contributed by atoms with Crippen molar-refractivity contribution in [1.29, 1.82) is 0 Å². The first-order valence-electron chi connectivity index (χ1n) is 6.37. The van der Waals surface area contributed by atoms with Gasteiger partial charge in [0.25, 0.3) is 5.91 Å². The molecule has 0 aliphatic carbocycles. The molecular formula is C14H17N3O2S. The third kappa shape index (κ3) is 4.03. The highest BCUT2D eigenvalue weighted by Gasteiger charge is 2.07. The fourth-order valence-electron chi connectivity index (χ4n) is 1.60. The van der Waals surface area contributed by atoms with Crippen LogP contribution in [-0.4, -0.2) is 22.7 Å². The van der Waals surface area contributed by atoms with Crippen LogP contribution in [0.25, 0.3) is 0 Å². The molecule has 5 nitrogen and oxygen atoms in total. The van der Waals surface area contributed by atoms with E-state index in [1.807, 2.05) is 31.2 Å². The number of ether oxygens (including phenoxy) is 1. The van der Waals surface area contributed by atoms with Crippen molar-refractivity contribution in [3.8, 4) is 5.75 Å². The fraction of sp³-hybridized carbons (Fsp3) is 0.357. The molecule has 1 aromatic carbocycles. The molecule has 1 N–H and O–H groups in total. The molecule has 106 valence electrons. The molecule has 0 saturated heterocycles. The number of nitrogens with zero attached hydrogens (tertiary/aromatic N) is 2. The van der Waals surface area contributed by atoms with Gasteiger partial charge >= 0.3 is 0 Å². The Morgan fingerprint density at radius 3 is 2.55 bits per heavy atom. The largest absolute Gasteiger partial charge is 0.484 e. The number of hydrogen-bond donors (Lipinski definition) is 1. The standard InChI is InChI=1S/C14H17N3O2S/c1-9(2)11-4-6-12(7-5-11)19-8-13(18)15-14-17-16-10(3)20-14/h4-7,9H,8H2,1-3H3,(H,15,17,18). The average molecular weight is 291 g/mol. The van der Waals surface area contributed by atoms with Gasteiger partial charge in [-0.3, -0.25) is 10.1 Å². The lowest BCUT2D eigenvalue weighted by molar-refractivity contribution is -0.118. The highest BCUT2D eigenvalue weighted by molar-refractivity contribution is 7.15. The van der Waals surface area contributed by atoms with Crippen LogP contribution in [0.1, 0.15) is 30.3 Å². The van der Waals surface area contributed by atoms with Crippen LogP contribution >= 0.6 is 11.3 Å². The quantitative estimate of drug-likeness (QED) is 0.919. The molecule has 0 saturated carbocycles. The third-order valence-electron chi connectivity index (χ3n) is 2.69. The molecule has 0 spiro atoms. The van der Waals surface area contributed by atoms with Crippen molar-refractivity contribution in [2.45, 2.75) is 26.7 Å². The lowest BCUT2D eigenvalue weighted by Gasteiger charge is -2.08. The van der Waals surface area contributed by atoms with E-state index in [9.17, 15) is 4.79 Å². The maximum Gasteiger partial charge on any atom is 0.264 e. The number of carbonyl (C=O) groups excluding carboxylic acids is 1. The van der Waals surface area contributed by atoms with E-state index >= 15 is 0 Å². The Morgan fingerprint density at radius 2 is 2.00 bits per heavy atom. The van der Waals surface area contributed by atoms with Gasteiger partial charge in [0, 0.05) is 0 Å². The fourth-order valence-corrected chi connectivity index (χ4v) is 2.21. The van der Waals surface area contributed by atoms with Gasteiger partial charge in [-0.15, -0.1) is 10.2 Å². The molecule has 0 aliphatic heterocycles. The first kappa shape index (κ1) is 14.5. The van der Waals surface area contributed by atoms with Gasteiger partial charge in [0.05, 0.1) is 0 Å². The van der Waals surface area contributed by atoms with Crippen molar-refractivity contribution >= 4 is 22.4 Å². The van der Waals surface area contributed by atoms with E-state index in [1.54, 1.807) is 0 Å². The van der Waals surface area contributed by atoms with E-state index in [1.165, 1.54) is 16.9 Å². The Hall–Kier alpha value is -1.95. The summed E-state index contributed by atoms with van der Waals surface area (Å²) in [5.74, 6) is 0.917. The van der Waals surface area contributed by atoms with Crippen molar-refractivity contribution in [2.75, 3.05) is 11.9 Å². The van der Waals surface area contributed by atoms with Gasteiger partial charge < -0.3 is 4.74 Å². The molecule has 0 aliphatic rings. The Bertz CT molecular complexity index is 578. The van der Waals surface area contributed by atoms with E-state index in [4.69, 9.17) is 4.74 Å². The van der Waals surface area contributed by atoms with Crippen molar-refractivity contribution in [2.24, 2.45) is 0 Å². The summed E-state index contributed by atoms with van der Waals surface area (Å²) in [4.78, 5) is 11.7. The zero-order chi connectivity index (χ0) is 14.5. The van der Waals surface area contributed by atoms with Gasteiger partial charge in [-0.25, -0.2) is 0 Å². The smallest absolute Gasteiger partial charge is 0.264 e. The van der Waals surface area contributed by atoms with E-state index in [-0.39, 0.29) is 12.5 Å². The Balaban J connectivity index is 1.83. The van der Waals surface area contributed by atoms with Crippen LogP contribution in [0.4, 0.5) is 5.13 Å². The van der Waals surface area contributed by atoms with Crippen LogP contribution in [-0.2, 0) is 4.79 Å². The number of carbonyl (C=O) groups is 1. The Labute approximate surface area is 122 Å². The lowest BCUT2D eigenvalue weighted by Crippen LogP contribution is -2.20. The predicted octanol–water partition coefficient (Wildman–Crippen LogP) is 2.99. The molecule has 2 rings (SSSR count). The van der Waals surface area contributed by atoms with E-state index in [0.29, 0.717) is 16.8 Å². The molecule has 0 radical (unpaired) electrons. The summed E-state index contributed by atoms with van der Waals surface area (Å²) in [5, 5.41) is 11.6. The van der Waals surface area contributed by atoms with Gasteiger partial charge in [0.15, 0.2) is 6.61 Å². The molecule has 0 atom stereocenters. The van der Waals surface area contributed by atoms with Crippen LogP contribution in [0.15, 0.2) is 24.3 Å². The van der Waals surface area contributed by atoms with Crippen molar-refractivity contribution in [3.05, 3.63) is 34.8 Å². The monoisotopic (exact) mass is 291 g/mol. The molecule has 2 aromatic rings. The molecule has 0 unspecified atom stereocenters. The van der Waals surface area contributed by atoms with E-state index < -0.39 is 0 Å². The second-order valence-electron chi connectivity index (χ2n) is 4.69. The number of amides is 1. The lowest BCUT2D eigenvalue weighted by atomic mass is 10.0. The molecule has 1 aromatic heterocycles. The van der Waals surface area contributed by atoms with Crippen molar-refractivity contribution in [1.82, 2.24) is 10.2 Å². The Morgan fingerprint density at radius 1 is 1.30 bits per heavy atom. The SMILES string of the molecule is Cc1nnc(NC(=O)COc2ccc(C(C)C)cc2)s1. The van der Waals surface area contributed by atoms with Crippen molar-refractivity contribution < 1.29 is 9.53 Å². The second-order valence-corrected chi connectivity index (χ2v) is 5.87. The number of rotatable bonds is 5. The van der Waals surface area contributed by atoms with Crippen molar-refractivity contribution in [3.63, 3.8) is 0 Å². The summed E-state index contributed by atoms with van der Waals surface area (Å²) in [6, 6.07) is 7.76. The predicted molar refractivity (Wildman–Crippen MR) is 79.3 cm³/mol.